The van der Waals surface area contributed by atoms with Crippen molar-refractivity contribution in [3.63, 3.8) is 0 Å². The maximum atomic E-state index is 2.31. The van der Waals surface area contributed by atoms with Crippen LogP contribution in [0, 0.1) is 0 Å². The molecule has 1 aliphatic heterocycles. The van der Waals surface area contributed by atoms with E-state index in [9.17, 15) is 0 Å². The normalized spacial score (nSPS) is 16.4. The summed E-state index contributed by atoms with van der Waals surface area (Å²) < 4.78 is 3.08. The average Bonchev–Trinajstić information content (AvgIpc) is 2.05. The summed E-state index contributed by atoms with van der Waals surface area (Å²) in [5.41, 5.74) is 3.29. The predicted molar refractivity (Wildman–Crippen MR) is 45.8 cm³/mol. The van der Waals surface area contributed by atoms with Crippen molar-refractivity contribution in [3.05, 3.63) is 35.4 Å². The first-order valence-electron chi connectivity index (χ1n) is 3.74. The molecule has 0 aliphatic carbocycles. The second-order valence-electron chi connectivity index (χ2n) is 2.70. The van der Waals surface area contributed by atoms with E-state index in [0.29, 0.717) is 0 Å². The van der Waals surface area contributed by atoms with Gasteiger partial charge in [-0.3, -0.25) is 0 Å². The van der Waals surface area contributed by atoms with Crippen molar-refractivity contribution in [1.29, 1.82) is 0 Å². The van der Waals surface area contributed by atoms with Gasteiger partial charge in [-0.15, -0.1) is 0 Å². The summed E-state index contributed by atoms with van der Waals surface area (Å²) in [5.74, 6) is 0. The Balaban J connectivity index is 2.41. The minimum absolute atomic E-state index is 0.135. The number of rotatable bonds is 0. The van der Waals surface area contributed by atoms with Crippen molar-refractivity contribution in [1.82, 2.24) is 0 Å². The molecule has 1 heterocycles. The van der Waals surface area contributed by atoms with E-state index in [1.807, 2.05) is 0 Å². The van der Waals surface area contributed by atoms with Gasteiger partial charge in [0.25, 0.3) is 0 Å². The molecule has 52 valence electrons. The molecule has 0 saturated heterocycles. The first-order valence-corrected chi connectivity index (χ1v) is 9.24. The van der Waals surface area contributed by atoms with E-state index in [2.05, 4.69) is 24.3 Å². The molecule has 0 atom stereocenters. The van der Waals surface area contributed by atoms with Gasteiger partial charge in [0.1, 0.15) is 0 Å². The molecule has 1 aromatic rings. The minimum atomic E-state index is -0.135. The van der Waals surface area contributed by atoms with Gasteiger partial charge in [-0.25, -0.2) is 0 Å². The van der Waals surface area contributed by atoms with E-state index >= 15 is 0 Å². The van der Waals surface area contributed by atoms with Crippen LogP contribution >= 0.6 is 0 Å². The molecule has 1 heteroatoms. The fourth-order valence-corrected chi connectivity index (χ4v) is 6.23. The fourth-order valence-electron chi connectivity index (χ4n) is 1.42. The Labute approximate surface area is 73.2 Å². The summed E-state index contributed by atoms with van der Waals surface area (Å²) in [6.45, 7) is 0. The Morgan fingerprint density at radius 1 is 1.10 bits per heavy atom. The summed E-state index contributed by atoms with van der Waals surface area (Å²) in [6.07, 6.45) is 1.39. The van der Waals surface area contributed by atoms with Crippen LogP contribution < -0.4 is 0 Å². The Kier molecular flexibility index (Phi) is 2.04. The zero-order chi connectivity index (χ0) is 6.81. The molecule has 0 N–H and O–H groups in total. The Bertz CT molecular complexity index is 205. The van der Waals surface area contributed by atoms with Crippen LogP contribution in [0.2, 0.25) is 4.13 Å². The van der Waals surface area contributed by atoms with Gasteiger partial charge in [0.15, 0.2) is 0 Å². The Morgan fingerprint density at radius 2 is 1.90 bits per heavy atom. The van der Waals surface area contributed by atoms with Gasteiger partial charge >= 0.3 is 73.3 Å². The second kappa shape index (κ2) is 3.01. The quantitative estimate of drug-likeness (QED) is 0.635. The molecule has 0 bridgehead atoms. The van der Waals surface area contributed by atoms with Crippen molar-refractivity contribution < 1.29 is 0 Å². The molecule has 0 unspecified atom stereocenters. The van der Waals surface area contributed by atoms with Crippen LogP contribution in [-0.4, -0.2) is 23.2 Å². The van der Waals surface area contributed by atoms with Gasteiger partial charge in [-0.1, -0.05) is 0 Å². The molecule has 1 aliphatic rings. The Hall–Kier alpha value is 0.103. The summed E-state index contributed by atoms with van der Waals surface area (Å²) in [6, 6.07) is 8.94. The van der Waals surface area contributed by atoms with Crippen LogP contribution in [0.4, 0.5) is 0 Å². The van der Waals surface area contributed by atoms with E-state index in [1.54, 1.807) is 15.3 Å². The van der Waals surface area contributed by atoms with Gasteiger partial charge in [-0.05, 0) is 0 Å². The molecule has 0 saturated carbocycles. The number of hydrogen-bond donors (Lipinski definition) is 0. The number of hydrogen-bond acceptors (Lipinski definition) is 0. The van der Waals surface area contributed by atoms with E-state index < -0.39 is 0 Å². The molecule has 0 nitrogen and oxygen atoms in total. The van der Waals surface area contributed by atoms with Crippen LogP contribution in [-0.2, 0) is 10.5 Å². The van der Waals surface area contributed by atoms with Gasteiger partial charge in [-0.2, -0.15) is 0 Å². The predicted octanol–water partition coefficient (Wildman–Crippen LogP) is 1.60. The van der Waals surface area contributed by atoms with E-state index in [-0.39, 0.29) is 23.2 Å². The first-order chi connectivity index (χ1) is 4.97. The summed E-state index contributed by atoms with van der Waals surface area (Å²) in [7, 11) is 0. The second-order valence-corrected chi connectivity index (χ2v) is 7.96. The van der Waals surface area contributed by atoms with Gasteiger partial charge < -0.3 is 0 Å². The van der Waals surface area contributed by atoms with Gasteiger partial charge in [0.05, 0.1) is 0 Å². The molecule has 10 heavy (non-hydrogen) atoms. The molecule has 0 radical (unpaired) electrons. The van der Waals surface area contributed by atoms with Crippen LogP contribution in [0.25, 0.3) is 0 Å². The third kappa shape index (κ3) is 1.25. The summed E-state index contributed by atoms with van der Waals surface area (Å²) in [5, 5.41) is 0. The monoisotopic (exact) mass is 328 g/mol. The molecule has 0 aromatic heterocycles. The molecular weight excluding hydrogens is 317 g/mol. The molecule has 0 fully saturated rings. The first kappa shape index (κ1) is 6.79. The summed E-state index contributed by atoms with van der Waals surface area (Å²) in [4.78, 5) is 0. The van der Waals surface area contributed by atoms with Crippen molar-refractivity contribution >= 4 is 23.2 Å². The van der Waals surface area contributed by atoms with Crippen LogP contribution in [0.1, 0.15) is 11.1 Å². The van der Waals surface area contributed by atoms with Crippen LogP contribution in [0.5, 0.6) is 0 Å². The van der Waals surface area contributed by atoms with E-state index in [4.69, 9.17) is 0 Å². The zero-order valence-electron chi connectivity index (χ0n) is 5.93. The molecule has 0 spiro atoms. The van der Waals surface area contributed by atoms with E-state index in [0.717, 1.165) is 0 Å². The third-order valence-electron chi connectivity index (χ3n) is 2.00. The SMILES string of the molecule is c1ccc2c(c1)C[CH2][BiH][CH2]2. The maximum absolute atomic E-state index is 2.31. The van der Waals surface area contributed by atoms with Crippen molar-refractivity contribution in [2.45, 2.75) is 14.7 Å². The average molecular weight is 328 g/mol. The van der Waals surface area contributed by atoms with Crippen molar-refractivity contribution in [3.8, 4) is 0 Å². The number of aryl methyl sites for hydroxylation is 1. The van der Waals surface area contributed by atoms with Gasteiger partial charge in [0, 0.05) is 0 Å². The molecule has 0 amide bonds. The van der Waals surface area contributed by atoms with Crippen LogP contribution in [0.3, 0.4) is 0 Å². The number of fused-ring (bicyclic) bond motifs is 1. The van der Waals surface area contributed by atoms with Crippen molar-refractivity contribution in [2.24, 2.45) is 0 Å². The zero-order valence-corrected chi connectivity index (χ0v) is 9.82. The van der Waals surface area contributed by atoms with Crippen LogP contribution in [0.15, 0.2) is 24.3 Å². The van der Waals surface area contributed by atoms with Crippen molar-refractivity contribution in [2.75, 3.05) is 0 Å². The fraction of sp³-hybridized carbons (Fsp3) is 0.333. The summed E-state index contributed by atoms with van der Waals surface area (Å²) >= 11 is -0.135. The molecular formula is C9H11Bi. The third-order valence-corrected chi connectivity index (χ3v) is 6.80. The molecule has 1 aromatic carbocycles. The topological polar surface area (TPSA) is 0 Å². The molecule has 2 rings (SSSR count). The Morgan fingerprint density at radius 3 is 2.70 bits per heavy atom. The van der Waals surface area contributed by atoms with Gasteiger partial charge in [0.2, 0.25) is 0 Å². The van der Waals surface area contributed by atoms with E-state index in [1.165, 1.54) is 10.5 Å². The standard InChI is InChI=1S/C9H10.Bi.H/c1-3-9-7-5-4-6-8(9)2;;/h4-7H,1-3H2;;. The number of benzene rings is 1.